The van der Waals surface area contributed by atoms with Gasteiger partial charge in [0, 0.05) is 0 Å². The van der Waals surface area contributed by atoms with E-state index in [0.29, 0.717) is 3.63 Å². The molecule has 144 valence electrons. The molecule has 0 saturated carbocycles. The van der Waals surface area contributed by atoms with E-state index in [4.69, 9.17) is 2.50 Å². The molecule has 1 atom stereocenters. The normalized spacial score (nSPS) is 17.2. The molecule has 0 aromatic heterocycles. The molecule has 0 fully saturated rings. The molecule has 27 heavy (non-hydrogen) atoms. The van der Waals surface area contributed by atoms with E-state index < -0.39 is 29.7 Å². The number of hydrogen-bond acceptors (Lipinski definition) is 1. The van der Waals surface area contributed by atoms with Crippen molar-refractivity contribution in [2.75, 3.05) is 0 Å². The molecule has 0 radical (unpaired) electrons. The van der Waals surface area contributed by atoms with E-state index in [1.807, 2.05) is 0 Å². The molecule has 0 heterocycles. The van der Waals surface area contributed by atoms with Crippen molar-refractivity contribution in [1.29, 1.82) is 0 Å². The van der Waals surface area contributed by atoms with Crippen LogP contribution in [-0.4, -0.2) is 9.04 Å². The first-order chi connectivity index (χ1) is 12.5. The van der Waals surface area contributed by atoms with Crippen LogP contribution < -0.4 is 0 Å². The van der Waals surface area contributed by atoms with E-state index in [9.17, 15) is 0 Å². The third-order valence-electron chi connectivity index (χ3n) is 5.57. The summed E-state index contributed by atoms with van der Waals surface area (Å²) in [4.78, 5) is 0. The number of allylic oxidation sites excluding steroid dienone is 1. The third kappa shape index (κ3) is 4.31. The molecular formula is C24H34OSiZr. The van der Waals surface area contributed by atoms with Gasteiger partial charge < -0.3 is 0 Å². The Morgan fingerprint density at radius 3 is 2.15 bits per heavy atom. The minimum absolute atomic E-state index is 0.190. The molecule has 0 aliphatic heterocycles. The van der Waals surface area contributed by atoms with E-state index in [2.05, 4.69) is 98.6 Å². The van der Waals surface area contributed by atoms with Crippen LogP contribution in [0.5, 0.6) is 0 Å². The van der Waals surface area contributed by atoms with Gasteiger partial charge in [-0.15, -0.1) is 0 Å². The van der Waals surface area contributed by atoms with Crippen molar-refractivity contribution in [2.24, 2.45) is 0 Å². The molecule has 3 rings (SSSR count). The van der Waals surface area contributed by atoms with Crippen LogP contribution in [0.2, 0.25) is 22.4 Å². The van der Waals surface area contributed by atoms with E-state index in [-0.39, 0.29) is 5.41 Å². The van der Waals surface area contributed by atoms with Crippen LogP contribution in [-0.2, 0) is 28.6 Å². The van der Waals surface area contributed by atoms with E-state index in [1.54, 1.807) is 0 Å². The van der Waals surface area contributed by atoms with Gasteiger partial charge in [0.25, 0.3) is 0 Å². The van der Waals surface area contributed by atoms with Crippen molar-refractivity contribution in [1.82, 2.24) is 0 Å². The fraction of sp³-hybridized carbons (Fsp3) is 0.417. The van der Waals surface area contributed by atoms with Crippen molar-refractivity contribution in [2.45, 2.75) is 59.1 Å². The number of rotatable bonds is 4. The van der Waals surface area contributed by atoms with Crippen molar-refractivity contribution in [3.8, 4) is 11.1 Å². The monoisotopic (exact) mass is 456 g/mol. The molecule has 2 aromatic carbocycles. The Bertz CT molecular complexity index is 857. The summed E-state index contributed by atoms with van der Waals surface area (Å²) in [6.07, 6.45) is 2.43. The standard InChI is InChI=1S/C20H21.C2H7OSi.2CH3.Zr/c1-14-12-16-6-5-7-18(19(16)13-14)15-8-10-17(11-9-15)20(2,3)4;1-4(2)3;;;/h5-13H,1-4H3;4H,1-2H3;2*1H3;/q;-1;;;+1. The summed E-state index contributed by atoms with van der Waals surface area (Å²) >= 11 is -2.65. The van der Waals surface area contributed by atoms with Gasteiger partial charge in [-0.3, -0.25) is 0 Å². The summed E-state index contributed by atoms with van der Waals surface area (Å²) in [5.74, 6) is 0. The zero-order chi connectivity index (χ0) is 20.0. The minimum atomic E-state index is -2.65. The average molecular weight is 458 g/mol. The summed E-state index contributed by atoms with van der Waals surface area (Å²) in [6.45, 7) is 13.7. The van der Waals surface area contributed by atoms with Crippen molar-refractivity contribution < 1.29 is 23.2 Å². The fourth-order valence-electron chi connectivity index (χ4n) is 4.55. The van der Waals surface area contributed by atoms with E-state index in [1.165, 1.54) is 33.4 Å². The van der Waals surface area contributed by atoms with Crippen molar-refractivity contribution in [3.63, 3.8) is 0 Å². The summed E-state index contributed by atoms with van der Waals surface area (Å²) in [5, 5.41) is 0. The first kappa shape index (κ1) is 21.0. The van der Waals surface area contributed by atoms with Crippen LogP contribution in [0.4, 0.5) is 0 Å². The Hall–Kier alpha value is -0.760. The molecule has 1 aliphatic carbocycles. The fourth-order valence-corrected chi connectivity index (χ4v) is 21.2. The molecule has 0 saturated heterocycles. The second kappa shape index (κ2) is 7.58. The Labute approximate surface area is 172 Å². The number of benzene rings is 2. The molecule has 0 bridgehead atoms. The van der Waals surface area contributed by atoms with Gasteiger partial charge in [0.15, 0.2) is 0 Å². The van der Waals surface area contributed by atoms with Gasteiger partial charge in [-0.05, 0) is 0 Å². The number of fused-ring (bicyclic) bond motifs is 1. The maximum atomic E-state index is 6.66. The predicted molar refractivity (Wildman–Crippen MR) is 119 cm³/mol. The SMILES string of the molecule is CC1=Cc2c(-c3ccc(C(C)(C)C)cc3)cccc2[CH]1[Zr]([CH3])([CH3])[O][SiH](C)C. The van der Waals surface area contributed by atoms with Crippen LogP contribution in [0.15, 0.2) is 48.0 Å². The molecule has 2 aromatic rings. The Morgan fingerprint density at radius 2 is 1.59 bits per heavy atom. The van der Waals surface area contributed by atoms with Crippen molar-refractivity contribution >= 4 is 15.1 Å². The molecule has 0 N–H and O–H groups in total. The first-order valence-electron chi connectivity index (χ1n) is 10.1. The Kier molecular flexibility index (Phi) is 5.88. The molecular weight excluding hydrogens is 424 g/mol. The molecule has 1 aliphatic rings. The van der Waals surface area contributed by atoms with Crippen LogP contribution in [0.25, 0.3) is 17.2 Å². The second-order valence-corrected chi connectivity index (χ2v) is 23.1. The van der Waals surface area contributed by atoms with Gasteiger partial charge in [-0.25, -0.2) is 0 Å². The Morgan fingerprint density at radius 1 is 0.963 bits per heavy atom. The topological polar surface area (TPSA) is 9.23 Å². The van der Waals surface area contributed by atoms with E-state index in [0.717, 1.165) is 0 Å². The van der Waals surface area contributed by atoms with Gasteiger partial charge in [-0.2, -0.15) is 0 Å². The molecule has 3 heteroatoms. The second-order valence-electron chi connectivity index (χ2n) is 9.73. The van der Waals surface area contributed by atoms with Gasteiger partial charge in [0.05, 0.1) is 0 Å². The zero-order valence-corrected chi connectivity index (χ0v) is 21.8. The first-order valence-corrected chi connectivity index (χ1v) is 20.2. The van der Waals surface area contributed by atoms with Gasteiger partial charge in [0.1, 0.15) is 0 Å². The van der Waals surface area contributed by atoms with Gasteiger partial charge in [-0.1, -0.05) is 0 Å². The number of hydrogen-bond donors (Lipinski definition) is 0. The van der Waals surface area contributed by atoms with Crippen LogP contribution in [0, 0.1) is 0 Å². The van der Waals surface area contributed by atoms with Crippen LogP contribution >= 0.6 is 0 Å². The molecule has 1 nitrogen and oxygen atoms in total. The third-order valence-corrected chi connectivity index (χ3v) is 19.9. The van der Waals surface area contributed by atoms with Crippen LogP contribution in [0.1, 0.15) is 48.0 Å². The summed E-state index contributed by atoms with van der Waals surface area (Å²) in [5.41, 5.74) is 8.67. The quantitative estimate of drug-likeness (QED) is 0.438. The van der Waals surface area contributed by atoms with Gasteiger partial charge in [0.2, 0.25) is 0 Å². The van der Waals surface area contributed by atoms with Crippen molar-refractivity contribution in [3.05, 3.63) is 64.7 Å². The average Bonchev–Trinajstić information content (AvgIpc) is 2.89. The molecule has 1 unspecified atom stereocenters. The predicted octanol–water partition coefficient (Wildman–Crippen LogP) is 7.27. The summed E-state index contributed by atoms with van der Waals surface area (Å²) in [7, 11) is -1.02. The summed E-state index contributed by atoms with van der Waals surface area (Å²) < 4.78 is 12.1. The maximum absolute atomic E-state index is 6.66. The molecule has 0 spiro atoms. The Balaban J connectivity index is 2.04. The summed E-state index contributed by atoms with van der Waals surface area (Å²) in [6, 6.07) is 16.0. The van der Waals surface area contributed by atoms with E-state index >= 15 is 0 Å². The molecule has 0 amide bonds. The van der Waals surface area contributed by atoms with Crippen LogP contribution in [0.3, 0.4) is 0 Å². The zero-order valence-electron chi connectivity index (χ0n) is 18.2. The van der Waals surface area contributed by atoms with Gasteiger partial charge >= 0.3 is 173 Å².